The molecule has 1 aromatic carbocycles. The molecule has 0 aliphatic carbocycles. The van der Waals surface area contributed by atoms with E-state index in [1.807, 2.05) is 30.6 Å². The third-order valence-corrected chi connectivity index (χ3v) is 5.31. The van der Waals surface area contributed by atoms with Crippen molar-refractivity contribution in [2.75, 3.05) is 11.6 Å². The number of fused-ring (bicyclic) bond motifs is 1. The highest BCUT2D eigenvalue weighted by molar-refractivity contribution is 6.30. The van der Waals surface area contributed by atoms with Crippen molar-refractivity contribution >= 4 is 17.4 Å². The van der Waals surface area contributed by atoms with Crippen molar-refractivity contribution in [2.45, 2.75) is 33.0 Å². The minimum Gasteiger partial charge on any atom is -0.338 e. The Balaban J connectivity index is 1.62. The fourth-order valence-electron chi connectivity index (χ4n) is 3.67. The van der Waals surface area contributed by atoms with Crippen LogP contribution in [0.3, 0.4) is 0 Å². The normalized spacial score (nSPS) is 14.4. The molecule has 0 N–H and O–H groups in total. The van der Waals surface area contributed by atoms with Crippen molar-refractivity contribution in [3.63, 3.8) is 0 Å². The molecule has 0 saturated heterocycles. The lowest BCUT2D eigenvalue weighted by Crippen LogP contribution is -2.42. The van der Waals surface area contributed by atoms with Crippen molar-refractivity contribution in [3.8, 4) is 0 Å². The van der Waals surface area contributed by atoms with Crippen molar-refractivity contribution in [1.29, 1.82) is 0 Å². The maximum absolute atomic E-state index is 6.03. The van der Waals surface area contributed by atoms with E-state index in [0.29, 0.717) is 0 Å². The van der Waals surface area contributed by atoms with Gasteiger partial charge in [-0.05, 0) is 29.3 Å². The lowest BCUT2D eigenvalue weighted by molar-refractivity contribution is 0.235. The molecule has 0 atom stereocenters. The molecule has 0 fully saturated rings. The van der Waals surface area contributed by atoms with Crippen LogP contribution in [0, 0.1) is 0 Å². The Morgan fingerprint density at radius 2 is 1.89 bits per heavy atom. The van der Waals surface area contributed by atoms with Gasteiger partial charge >= 0.3 is 0 Å². The van der Waals surface area contributed by atoms with Gasteiger partial charge < -0.3 is 9.47 Å². The molecule has 140 valence electrons. The Bertz CT molecular complexity index is 904. The predicted octanol–water partition coefficient (Wildman–Crippen LogP) is 4.01. The Morgan fingerprint density at radius 3 is 2.59 bits per heavy atom. The first-order valence-corrected chi connectivity index (χ1v) is 9.67. The van der Waals surface area contributed by atoms with Crippen LogP contribution in [0.1, 0.15) is 29.6 Å². The fourth-order valence-corrected chi connectivity index (χ4v) is 3.80. The lowest BCUT2D eigenvalue weighted by Gasteiger charge is -2.36. The van der Waals surface area contributed by atoms with Gasteiger partial charge in [0.05, 0.1) is 12.4 Å². The van der Waals surface area contributed by atoms with Gasteiger partial charge in [-0.25, -0.2) is 4.98 Å². The highest BCUT2D eigenvalue weighted by Crippen LogP contribution is 2.29. The summed E-state index contributed by atoms with van der Waals surface area (Å²) in [7, 11) is 2.12. The molecule has 0 unspecified atom stereocenters. The molecule has 0 bridgehead atoms. The van der Waals surface area contributed by atoms with Gasteiger partial charge in [-0.1, -0.05) is 36.7 Å². The molecule has 3 aromatic rings. The summed E-state index contributed by atoms with van der Waals surface area (Å²) in [6.07, 6.45) is 4.68. The third-order valence-electron chi connectivity index (χ3n) is 5.06. The molecule has 0 spiro atoms. The van der Waals surface area contributed by atoms with Gasteiger partial charge in [0.1, 0.15) is 5.82 Å². The second kappa shape index (κ2) is 7.71. The van der Waals surface area contributed by atoms with Crippen LogP contribution in [0.2, 0.25) is 5.02 Å². The van der Waals surface area contributed by atoms with Crippen LogP contribution in [0.4, 0.5) is 5.82 Å². The molecule has 2 aromatic heterocycles. The molecule has 27 heavy (non-hydrogen) atoms. The Labute approximate surface area is 165 Å². The summed E-state index contributed by atoms with van der Waals surface area (Å²) in [4.78, 5) is 14.0. The van der Waals surface area contributed by atoms with Gasteiger partial charge in [0.2, 0.25) is 0 Å². The van der Waals surface area contributed by atoms with Crippen LogP contribution in [0.25, 0.3) is 0 Å². The summed E-state index contributed by atoms with van der Waals surface area (Å²) in [5, 5.41) is 0.775. The van der Waals surface area contributed by atoms with E-state index in [2.05, 4.69) is 51.5 Å². The SMILES string of the molecule is CCc1nc2c(n1C)CN(Cc1ccc(Cl)cc1)CN2Cc1cccnc1. The molecule has 3 heterocycles. The van der Waals surface area contributed by atoms with Crippen molar-refractivity contribution in [1.82, 2.24) is 19.4 Å². The van der Waals surface area contributed by atoms with Crippen LogP contribution >= 0.6 is 11.6 Å². The smallest absolute Gasteiger partial charge is 0.153 e. The largest absolute Gasteiger partial charge is 0.338 e. The first-order valence-electron chi connectivity index (χ1n) is 9.29. The Morgan fingerprint density at radius 1 is 1.07 bits per heavy atom. The number of anilines is 1. The zero-order chi connectivity index (χ0) is 18.8. The molecule has 1 aliphatic rings. The second-order valence-corrected chi connectivity index (χ2v) is 7.46. The lowest BCUT2D eigenvalue weighted by atomic mass is 10.2. The zero-order valence-electron chi connectivity index (χ0n) is 15.8. The Hall–Kier alpha value is -2.37. The summed E-state index contributed by atoms with van der Waals surface area (Å²) >= 11 is 6.03. The number of halogens is 1. The van der Waals surface area contributed by atoms with Gasteiger partial charge in [-0.3, -0.25) is 9.88 Å². The first-order chi connectivity index (χ1) is 13.1. The first kappa shape index (κ1) is 18.0. The van der Waals surface area contributed by atoms with E-state index in [0.717, 1.165) is 49.4 Å². The number of benzene rings is 1. The molecule has 1 aliphatic heterocycles. The van der Waals surface area contributed by atoms with E-state index in [1.54, 1.807) is 0 Å². The monoisotopic (exact) mass is 381 g/mol. The van der Waals surface area contributed by atoms with Crippen molar-refractivity contribution in [2.24, 2.45) is 7.05 Å². The van der Waals surface area contributed by atoms with E-state index in [4.69, 9.17) is 16.6 Å². The van der Waals surface area contributed by atoms with E-state index in [1.165, 1.54) is 16.8 Å². The van der Waals surface area contributed by atoms with Crippen LogP contribution < -0.4 is 4.90 Å². The van der Waals surface area contributed by atoms with Crippen LogP contribution in [-0.4, -0.2) is 26.1 Å². The van der Waals surface area contributed by atoms with E-state index in [9.17, 15) is 0 Å². The quantitative estimate of drug-likeness (QED) is 0.669. The number of hydrogen-bond acceptors (Lipinski definition) is 4. The highest BCUT2D eigenvalue weighted by Gasteiger charge is 2.28. The maximum atomic E-state index is 6.03. The average molecular weight is 382 g/mol. The highest BCUT2D eigenvalue weighted by atomic mass is 35.5. The minimum atomic E-state index is 0.775. The number of rotatable bonds is 5. The number of aryl methyl sites for hydroxylation is 1. The number of imidazole rings is 1. The number of nitrogens with zero attached hydrogens (tertiary/aromatic N) is 5. The number of hydrogen-bond donors (Lipinski definition) is 0. The third kappa shape index (κ3) is 3.84. The van der Waals surface area contributed by atoms with E-state index in [-0.39, 0.29) is 0 Å². The van der Waals surface area contributed by atoms with Crippen molar-refractivity contribution < 1.29 is 0 Å². The van der Waals surface area contributed by atoms with Crippen LogP contribution in [0.5, 0.6) is 0 Å². The zero-order valence-corrected chi connectivity index (χ0v) is 16.5. The van der Waals surface area contributed by atoms with Gasteiger partial charge in [0, 0.05) is 50.5 Å². The van der Waals surface area contributed by atoms with Gasteiger partial charge in [-0.2, -0.15) is 0 Å². The van der Waals surface area contributed by atoms with E-state index >= 15 is 0 Å². The maximum Gasteiger partial charge on any atom is 0.153 e. The summed E-state index contributed by atoms with van der Waals surface area (Å²) in [6.45, 7) is 5.57. The molecule has 6 heteroatoms. The molecular weight excluding hydrogens is 358 g/mol. The number of aromatic nitrogens is 3. The Kier molecular flexibility index (Phi) is 5.14. The summed E-state index contributed by atoms with van der Waals surface area (Å²) in [6, 6.07) is 12.2. The van der Waals surface area contributed by atoms with Gasteiger partial charge in [-0.15, -0.1) is 0 Å². The summed E-state index contributed by atoms with van der Waals surface area (Å²) in [5.41, 5.74) is 3.73. The summed E-state index contributed by atoms with van der Waals surface area (Å²) < 4.78 is 2.25. The fraction of sp³-hybridized carbons (Fsp3) is 0.333. The van der Waals surface area contributed by atoms with E-state index < -0.39 is 0 Å². The minimum absolute atomic E-state index is 0.775. The van der Waals surface area contributed by atoms with Crippen molar-refractivity contribution in [3.05, 3.63) is 76.5 Å². The van der Waals surface area contributed by atoms with Crippen LogP contribution in [-0.2, 0) is 33.1 Å². The van der Waals surface area contributed by atoms with Gasteiger partial charge in [0.15, 0.2) is 5.82 Å². The standard InChI is InChI=1S/C21H24ClN5/c1-3-20-24-21-19(25(20)2)14-26(12-16-6-8-18(22)9-7-16)15-27(21)13-17-5-4-10-23-11-17/h4-11H,3,12-15H2,1-2H3. The van der Waals surface area contributed by atoms with Gasteiger partial charge in [0.25, 0.3) is 0 Å². The second-order valence-electron chi connectivity index (χ2n) is 7.03. The molecule has 0 saturated carbocycles. The van der Waals surface area contributed by atoms with Crippen LogP contribution in [0.15, 0.2) is 48.8 Å². The topological polar surface area (TPSA) is 37.2 Å². The summed E-state index contributed by atoms with van der Waals surface area (Å²) in [5.74, 6) is 2.23. The molecular formula is C21H24ClN5. The predicted molar refractivity (Wildman–Crippen MR) is 109 cm³/mol. The molecule has 5 nitrogen and oxygen atoms in total. The number of pyridine rings is 1. The molecule has 4 rings (SSSR count). The molecule has 0 radical (unpaired) electrons. The molecule has 0 amide bonds. The average Bonchev–Trinajstić information content (AvgIpc) is 3.01.